The first kappa shape index (κ1) is 29.0. The summed E-state index contributed by atoms with van der Waals surface area (Å²) < 4.78 is 5.93. The lowest BCUT2D eigenvalue weighted by molar-refractivity contribution is 0.0950. The monoisotopic (exact) mass is 572 g/mol. The Kier molecular flexibility index (Phi) is 7.64. The lowest BCUT2D eigenvalue weighted by Crippen LogP contribution is -2.25. The highest BCUT2D eigenvalue weighted by molar-refractivity contribution is 6.32. The molecule has 3 aliphatic rings. The van der Waals surface area contributed by atoms with Crippen molar-refractivity contribution in [2.75, 3.05) is 11.4 Å². The summed E-state index contributed by atoms with van der Waals surface area (Å²) >= 11 is 7.01. The Morgan fingerprint density at radius 3 is 2.43 bits per heavy atom. The van der Waals surface area contributed by atoms with Crippen LogP contribution in [-0.2, 0) is 10.2 Å². The first-order chi connectivity index (χ1) is 20.1. The molecule has 2 heterocycles. The number of hydrogen-bond donors (Lipinski definition) is 0. The Bertz CT molecular complexity index is 1790. The van der Waals surface area contributed by atoms with E-state index in [2.05, 4.69) is 88.8 Å². The Balaban J connectivity index is 1.53. The zero-order valence-corrected chi connectivity index (χ0v) is 25.4. The molecule has 0 amide bonds. The van der Waals surface area contributed by atoms with Crippen LogP contribution >= 0.6 is 11.6 Å². The number of benzene rings is 2. The molecule has 0 atom stereocenters. The van der Waals surface area contributed by atoms with Gasteiger partial charge in [0.25, 0.3) is 0 Å². The van der Waals surface area contributed by atoms with Gasteiger partial charge in [-0.25, -0.2) is 4.85 Å². The first-order valence-corrected chi connectivity index (χ1v) is 14.6. The summed E-state index contributed by atoms with van der Waals surface area (Å²) in [4.78, 5) is 12.6. The Labute approximate surface area is 253 Å². The van der Waals surface area contributed by atoms with Crippen molar-refractivity contribution in [2.24, 2.45) is 0 Å². The first-order valence-electron chi connectivity index (χ1n) is 14.2. The number of halogens is 1. The van der Waals surface area contributed by atoms with Crippen molar-refractivity contribution in [1.82, 2.24) is 0 Å². The Morgan fingerprint density at radius 2 is 1.74 bits per heavy atom. The van der Waals surface area contributed by atoms with Crippen molar-refractivity contribution in [3.63, 3.8) is 0 Å². The van der Waals surface area contributed by atoms with E-state index in [-0.39, 0.29) is 22.7 Å². The molecule has 0 spiro atoms. The van der Waals surface area contributed by atoms with Crippen LogP contribution in [-0.4, -0.2) is 12.1 Å². The molecule has 0 radical (unpaired) electrons. The molecule has 5 rings (SSSR count). The summed E-state index contributed by atoms with van der Waals surface area (Å²) in [6, 6.07) is 13.1. The smallest absolute Gasteiger partial charge is 0.499 e. The van der Waals surface area contributed by atoms with Gasteiger partial charge in [0, 0.05) is 33.6 Å². The fraction of sp³-hybridized carbons (Fsp3) is 0.306. The molecular formula is C36H33ClN4O. The topological polar surface area (TPSA) is 25.6 Å². The number of anilines is 1. The van der Waals surface area contributed by atoms with Crippen LogP contribution < -0.4 is 4.90 Å². The van der Waals surface area contributed by atoms with Gasteiger partial charge < -0.3 is 9.64 Å². The van der Waals surface area contributed by atoms with E-state index < -0.39 is 5.60 Å². The van der Waals surface area contributed by atoms with Crippen molar-refractivity contribution in [3.8, 4) is 0 Å². The lowest BCUT2D eigenvalue weighted by atomic mass is 9.82. The molecule has 0 aromatic heterocycles. The summed E-state index contributed by atoms with van der Waals surface area (Å²) in [5, 5.41) is 3.25. The van der Waals surface area contributed by atoms with Gasteiger partial charge in [-0.2, -0.15) is 9.69 Å². The number of hydrogen-bond acceptors (Lipinski definition) is 2. The standard InChI is InChI=1S/C36H33ClN4O/c1-9-41-29(35(2,3)28-21-17-23-13-10-11-16-26(23)32(28)41)22-19-25-15-12-14-24(30(25)37)18-20-27-31(38-6)33(34(39-7)40-8)42-36(27,4)5/h10-11,13,16-22H,9,12,14-15H2,1-5H3/b20-18+,25-19+,29-22-. The Morgan fingerprint density at radius 1 is 1.00 bits per heavy atom. The summed E-state index contributed by atoms with van der Waals surface area (Å²) in [6.45, 7) is 33.7. The molecule has 1 aliphatic carbocycles. The quantitative estimate of drug-likeness (QED) is 0.341. The number of fused-ring (bicyclic) bond motifs is 3. The average molecular weight is 573 g/mol. The van der Waals surface area contributed by atoms with Gasteiger partial charge in [0.15, 0.2) is 0 Å². The molecule has 2 aromatic rings. The third-order valence-corrected chi connectivity index (χ3v) is 8.93. The highest BCUT2D eigenvalue weighted by atomic mass is 35.5. The molecule has 0 N–H and O–H groups in total. The normalized spacial score (nSPS) is 21.1. The van der Waals surface area contributed by atoms with Crippen LogP contribution in [0.2, 0.25) is 0 Å². The van der Waals surface area contributed by atoms with Crippen molar-refractivity contribution in [1.29, 1.82) is 0 Å². The van der Waals surface area contributed by atoms with Gasteiger partial charge in [-0.3, -0.25) is 0 Å². The third-order valence-electron chi connectivity index (χ3n) is 8.44. The maximum Gasteiger partial charge on any atom is 0.550 e. The van der Waals surface area contributed by atoms with Gasteiger partial charge in [-0.15, -0.1) is 0 Å². The minimum Gasteiger partial charge on any atom is -0.499 e. The van der Waals surface area contributed by atoms with Crippen molar-refractivity contribution >= 4 is 28.1 Å². The minimum absolute atomic E-state index is 0.0593. The van der Waals surface area contributed by atoms with Crippen LogP contribution in [0, 0.1) is 19.7 Å². The Hall–Kier alpha value is -4.50. The van der Waals surface area contributed by atoms with Crippen LogP contribution in [0.5, 0.6) is 0 Å². The van der Waals surface area contributed by atoms with E-state index in [0.717, 1.165) is 42.0 Å². The summed E-state index contributed by atoms with van der Waals surface area (Å²) in [7, 11) is 0. The van der Waals surface area contributed by atoms with Gasteiger partial charge in [0.1, 0.15) is 18.7 Å². The van der Waals surface area contributed by atoms with Gasteiger partial charge >= 0.3 is 5.82 Å². The maximum atomic E-state index is 7.72. The van der Waals surface area contributed by atoms with Gasteiger partial charge in [-0.1, -0.05) is 80.1 Å². The van der Waals surface area contributed by atoms with Crippen LogP contribution in [0.4, 0.5) is 5.69 Å². The molecule has 0 fully saturated rings. The average Bonchev–Trinajstić information content (AvgIpc) is 3.37. The second-order valence-corrected chi connectivity index (χ2v) is 12.1. The van der Waals surface area contributed by atoms with Crippen molar-refractivity contribution < 1.29 is 4.74 Å². The molecule has 42 heavy (non-hydrogen) atoms. The second-order valence-electron chi connectivity index (χ2n) is 11.7. The van der Waals surface area contributed by atoms with Crippen LogP contribution in [0.3, 0.4) is 0 Å². The number of allylic oxidation sites excluding steroid dienone is 7. The van der Waals surface area contributed by atoms with E-state index in [1.165, 1.54) is 27.7 Å². The molecule has 2 aliphatic heterocycles. The molecule has 210 valence electrons. The molecule has 0 bridgehead atoms. The fourth-order valence-electron chi connectivity index (χ4n) is 6.28. The van der Waals surface area contributed by atoms with E-state index in [1.807, 2.05) is 26.0 Å². The van der Waals surface area contributed by atoms with Crippen LogP contribution in [0.15, 0.2) is 105 Å². The van der Waals surface area contributed by atoms with E-state index in [0.29, 0.717) is 5.57 Å². The molecule has 6 heteroatoms. The molecular weight excluding hydrogens is 540 g/mol. The van der Waals surface area contributed by atoms with Gasteiger partial charge in [-0.05, 0) is 68.2 Å². The van der Waals surface area contributed by atoms with Gasteiger partial charge in [0.2, 0.25) is 11.5 Å². The van der Waals surface area contributed by atoms with Crippen LogP contribution in [0.1, 0.15) is 59.4 Å². The van der Waals surface area contributed by atoms with E-state index in [1.54, 1.807) is 0 Å². The summed E-state index contributed by atoms with van der Waals surface area (Å²) in [5.41, 5.74) is 5.82. The fourth-order valence-corrected chi connectivity index (χ4v) is 6.59. The predicted octanol–water partition coefficient (Wildman–Crippen LogP) is 9.99. The highest BCUT2D eigenvalue weighted by Gasteiger charge is 2.42. The molecule has 0 saturated carbocycles. The zero-order valence-electron chi connectivity index (χ0n) is 24.7. The SMILES string of the molecule is [C-]#[N+]C([N+]#[C-])=C1OC(C)(C)C(/C=C/C2=C(Cl)C(=C/C=C3\N(CC)c4c(ccc5ccccc45)C3(C)C)/CCC2)=C1[N+]#[C-]. The van der Waals surface area contributed by atoms with E-state index in [9.17, 15) is 0 Å². The number of rotatable bonds is 4. The number of ether oxygens (including phenoxy) is 1. The van der Waals surface area contributed by atoms with Crippen molar-refractivity contribution in [2.45, 2.75) is 64.9 Å². The molecule has 0 unspecified atom stereocenters. The lowest BCUT2D eigenvalue weighted by Gasteiger charge is -2.26. The highest BCUT2D eigenvalue weighted by Crippen LogP contribution is 2.51. The third kappa shape index (κ3) is 4.73. The predicted molar refractivity (Wildman–Crippen MR) is 171 cm³/mol. The van der Waals surface area contributed by atoms with Gasteiger partial charge in [0.05, 0.1) is 12.3 Å². The maximum absolute atomic E-state index is 7.72. The van der Waals surface area contributed by atoms with Crippen molar-refractivity contribution in [3.05, 3.63) is 145 Å². The van der Waals surface area contributed by atoms with E-state index >= 15 is 0 Å². The molecule has 0 saturated heterocycles. The van der Waals surface area contributed by atoms with E-state index in [4.69, 9.17) is 36.1 Å². The molecule has 5 nitrogen and oxygen atoms in total. The second kappa shape index (κ2) is 11.1. The summed E-state index contributed by atoms with van der Waals surface area (Å²) in [6.07, 6.45) is 10.9. The zero-order chi connectivity index (χ0) is 30.2. The minimum atomic E-state index is -0.839. The number of likely N-dealkylation sites (N-methyl/N-ethyl adjacent to an activating group) is 1. The number of nitrogens with zero attached hydrogens (tertiary/aromatic N) is 4. The summed E-state index contributed by atoms with van der Waals surface area (Å²) in [5.74, 6) is -0.166. The van der Waals surface area contributed by atoms with Crippen LogP contribution in [0.25, 0.3) is 25.3 Å². The largest absolute Gasteiger partial charge is 0.550 e. The molecule has 2 aromatic carbocycles.